The van der Waals surface area contributed by atoms with Crippen molar-refractivity contribution in [1.29, 1.82) is 0 Å². The van der Waals surface area contributed by atoms with Gasteiger partial charge in [0, 0.05) is 12.6 Å². The van der Waals surface area contributed by atoms with Gasteiger partial charge < -0.3 is 4.74 Å². The lowest BCUT2D eigenvalue weighted by atomic mass is 10.1. The summed E-state index contributed by atoms with van der Waals surface area (Å²) in [5, 5.41) is 0. The molecule has 0 fully saturated rings. The van der Waals surface area contributed by atoms with Crippen LogP contribution in [0.2, 0.25) is 0 Å². The van der Waals surface area contributed by atoms with Crippen molar-refractivity contribution in [1.82, 2.24) is 4.98 Å². The molecule has 0 amide bonds. The van der Waals surface area contributed by atoms with Gasteiger partial charge in [0.2, 0.25) is 0 Å². The summed E-state index contributed by atoms with van der Waals surface area (Å²) in [5.74, 6) is 0.0507. The molecule has 0 atom stereocenters. The summed E-state index contributed by atoms with van der Waals surface area (Å²) in [4.78, 5) is 20.2. The summed E-state index contributed by atoms with van der Waals surface area (Å²) in [5.41, 5.74) is 2.19. The van der Waals surface area contributed by atoms with Crippen LogP contribution in [-0.4, -0.2) is 16.9 Å². The van der Waals surface area contributed by atoms with Crippen molar-refractivity contribution in [3.05, 3.63) is 71.7 Å². The first-order valence-corrected chi connectivity index (χ1v) is 6.78. The van der Waals surface area contributed by atoms with Gasteiger partial charge in [-0.25, -0.2) is 9.79 Å². The first kappa shape index (κ1) is 13.2. The van der Waals surface area contributed by atoms with Crippen molar-refractivity contribution in [2.45, 2.75) is 12.8 Å². The van der Waals surface area contributed by atoms with Crippen molar-refractivity contribution >= 4 is 17.9 Å². The summed E-state index contributed by atoms with van der Waals surface area (Å²) in [7, 11) is 0. The first-order valence-electron chi connectivity index (χ1n) is 6.78. The van der Waals surface area contributed by atoms with E-state index < -0.39 is 5.97 Å². The van der Waals surface area contributed by atoms with Crippen LogP contribution in [0.25, 0.3) is 6.08 Å². The fourth-order valence-electron chi connectivity index (χ4n) is 2.06. The highest BCUT2D eigenvalue weighted by Crippen LogP contribution is 2.17. The van der Waals surface area contributed by atoms with Crippen LogP contribution in [0, 0.1) is 0 Å². The normalized spacial score (nSPS) is 15.9. The zero-order valence-corrected chi connectivity index (χ0v) is 11.4. The smallest absolute Gasteiger partial charge is 0.363 e. The van der Waals surface area contributed by atoms with Crippen LogP contribution in [-0.2, 0) is 16.0 Å². The summed E-state index contributed by atoms with van der Waals surface area (Å²) in [6.45, 7) is 0. The Morgan fingerprint density at radius 3 is 2.57 bits per heavy atom. The van der Waals surface area contributed by atoms with Crippen LogP contribution < -0.4 is 0 Å². The number of carbonyl (C=O) groups excluding carboxylic acids is 1. The van der Waals surface area contributed by atoms with Crippen LogP contribution in [0.5, 0.6) is 0 Å². The van der Waals surface area contributed by atoms with Gasteiger partial charge in [0.1, 0.15) is 0 Å². The van der Waals surface area contributed by atoms with E-state index in [2.05, 4.69) is 9.98 Å². The monoisotopic (exact) mass is 278 g/mol. The molecular weight excluding hydrogens is 264 g/mol. The fraction of sp³-hybridized carbons (Fsp3) is 0.118. The largest absolute Gasteiger partial charge is 0.407 e. The number of benzene rings is 1. The lowest BCUT2D eigenvalue weighted by Gasteiger charge is -1.99. The molecule has 2 aromatic rings. The molecule has 2 heterocycles. The van der Waals surface area contributed by atoms with Gasteiger partial charge >= 0.3 is 5.97 Å². The highest BCUT2D eigenvalue weighted by molar-refractivity contribution is 6.07. The second-order valence-electron chi connectivity index (χ2n) is 4.66. The molecule has 0 radical (unpaired) electrons. The first-order chi connectivity index (χ1) is 10.3. The number of aryl methyl sites for hydroxylation is 1. The van der Waals surface area contributed by atoms with Gasteiger partial charge in [0.25, 0.3) is 0 Å². The van der Waals surface area contributed by atoms with Crippen LogP contribution in [0.15, 0.2) is 65.4 Å². The number of aromatic nitrogens is 1. The summed E-state index contributed by atoms with van der Waals surface area (Å²) >= 11 is 0. The van der Waals surface area contributed by atoms with Crippen molar-refractivity contribution in [3.63, 3.8) is 0 Å². The van der Waals surface area contributed by atoms with E-state index in [1.54, 1.807) is 12.3 Å². The zero-order chi connectivity index (χ0) is 14.5. The number of ether oxygens (including phenoxy) is 1. The minimum Gasteiger partial charge on any atom is -0.407 e. The van der Waals surface area contributed by atoms with E-state index in [1.165, 1.54) is 5.56 Å². The molecule has 0 spiro atoms. The third-order valence-electron chi connectivity index (χ3n) is 3.11. The Labute approximate surface area is 122 Å². The number of esters is 1. The number of hydrogen-bond acceptors (Lipinski definition) is 4. The van der Waals surface area contributed by atoms with Crippen LogP contribution in [0.3, 0.4) is 0 Å². The van der Waals surface area contributed by atoms with Gasteiger partial charge in [-0.3, -0.25) is 4.98 Å². The number of pyridine rings is 1. The lowest BCUT2D eigenvalue weighted by Crippen LogP contribution is -2.05. The molecule has 1 aromatic carbocycles. The molecule has 4 nitrogen and oxygen atoms in total. The highest BCUT2D eigenvalue weighted by Gasteiger charge is 2.22. The van der Waals surface area contributed by atoms with Crippen LogP contribution in [0.1, 0.15) is 17.7 Å². The average molecular weight is 278 g/mol. The van der Waals surface area contributed by atoms with Crippen molar-refractivity contribution in [3.8, 4) is 0 Å². The molecule has 0 saturated carbocycles. The van der Waals surface area contributed by atoms with Gasteiger partial charge in [0.15, 0.2) is 11.6 Å². The molecule has 0 N–H and O–H groups in total. The Balaban J connectivity index is 1.69. The zero-order valence-electron chi connectivity index (χ0n) is 11.4. The summed E-state index contributed by atoms with van der Waals surface area (Å²) < 4.78 is 5.18. The van der Waals surface area contributed by atoms with E-state index in [9.17, 15) is 4.79 Å². The number of cyclic esters (lactones) is 1. The van der Waals surface area contributed by atoms with Crippen molar-refractivity contribution in [2.75, 3.05) is 0 Å². The quantitative estimate of drug-likeness (QED) is 0.638. The Morgan fingerprint density at radius 1 is 1.00 bits per heavy atom. The van der Waals surface area contributed by atoms with E-state index >= 15 is 0 Å². The maximum absolute atomic E-state index is 11.8. The van der Waals surface area contributed by atoms with Crippen molar-refractivity contribution in [2.24, 2.45) is 4.99 Å². The lowest BCUT2D eigenvalue weighted by molar-refractivity contribution is -0.130. The third-order valence-corrected chi connectivity index (χ3v) is 3.11. The van der Waals surface area contributed by atoms with Gasteiger partial charge in [-0.05, 0) is 30.2 Å². The Kier molecular flexibility index (Phi) is 3.87. The fourth-order valence-corrected chi connectivity index (χ4v) is 2.06. The number of rotatable bonds is 4. The number of carbonyl (C=O) groups is 1. The minimum atomic E-state index is -0.413. The van der Waals surface area contributed by atoms with Crippen LogP contribution >= 0.6 is 0 Å². The average Bonchev–Trinajstić information content (AvgIpc) is 2.87. The summed E-state index contributed by atoms with van der Waals surface area (Å²) in [6, 6.07) is 15.5. The molecule has 0 aliphatic carbocycles. The molecule has 0 bridgehead atoms. The topological polar surface area (TPSA) is 51.5 Å². The maximum atomic E-state index is 11.8. The number of aliphatic imine (C=N–C) groups is 1. The molecule has 3 rings (SSSR count). The van der Waals surface area contributed by atoms with E-state index in [0.717, 1.165) is 6.42 Å². The highest BCUT2D eigenvalue weighted by atomic mass is 16.6. The Morgan fingerprint density at radius 2 is 1.81 bits per heavy atom. The molecule has 1 aliphatic heterocycles. The molecule has 104 valence electrons. The number of nitrogens with zero attached hydrogens (tertiary/aromatic N) is 2. The maximum Gasteiger partial charge on any atom is 0.363 e. The molecule has 0 unspecified atom stereocenters. The molecule has 21 heavy (non-hydrogen) atoms. The molecular formula is C17H14N2O2. The third kappa shape index (κ3) is 3.42. The van der Waals surface area contributed by atoms with E-state index in [1.807, 2.05) is 48.5 Å². The molecule has 4 heteroatoms. The Hall–Kier alpha value is -2.75. The minimum absolute atomic E-state index is 0.303. The second-order valence-corrected chi connectivity index (χ2v) is 4.66. The molecule has 1 aliphatic rings. The molecule has 0 saturated heterocycles. The number of hydrogen-bond donors (Lipinski definition) is 0. The van der Waals surface area contributed by atoms with E-state index in [4.69, 9.17) is 4.74 Å². The van der Waals surface area contributed by atoms with Gasteiger partial charge in [-0.15, -0.1) is 0 Å². The van der Waals surface area contributed by atoms with Gasteiger partial charge in [-0.1, -0.05) is 36.4 Å². The van der Waals surface area contributed by atoms with Gasteiger partial charge in [0.05, 0.1) is 5.69 Å². The standard InChI is InChI=1S/C17H14N2O2/c20-17-15(12-14-8-4-5-11-18-14)19-16(21-17)10-9-13-6-2-1-3-7-13/h1-8,11-12H,9-10H2/b15-12+. The van der Waals surface area contributed by atoms with E-state index in [-0.39, 0.29) is 0 Å². The Bertz CT molecular complexity index is 691. The second kappa shape index (κ2) is 6.13. The van der Waals surface area contributed by atoms with Gasteiger partial charge in [-0.2, -0.15) is 0 Å². The summed E-state index contributed by atoms with van der Waals surface area (Å²) in [6.07, 6.45) is 4.71. The van der Waals surface area contributed by atoms with E-state index in [0.29, 0.717) is 23.7 Å². The predicted octanol–water partition coefficient (Wildman–Crippen LogP) is 3.01. The molecule has 1 aromatic heterocycles. The van der Waals surface area contributed by atoms with Crippen molar-refractivity contribution < 1.29 is 9.53 Å². The SMILES string of the molecule is O=C1OC(CCc2ccccc2)=N/C1=C/c1ccccn1. The van der Waals surface area contributed by atoms with Crippen LogP contribution in [0.4, 0.5) is 0 Å². The predicted molar refractivity (Wildman–Crippen MR) is 80.5 cm³/mol.